The Labute approximate surface area is 122 Å². The number of rotatable bonds is 5. The monoisotopic (exact) mass is 277 g/mol. The van der Waals surface area contributed by atoms with E-state index in [1.807, 2.05) is 12.1 Å². The maximum absolute atomic E-state index is 10.1. The van der Waals surface area contributed by atoms with Gasteiger partial charge in [-0.05, 0) is 44.2 Å². The lowest BCUT2D eigenvalue weighted by Gasteiger charge is -2.28. The first-order valence-electron chi connectivity index (χ1n) is 7.70. The Hall–Kier alpha value is -1.22. The van der Waals surface area contributed by atoms with Crippen LogP contribution in [0.15, 0.2) is 18.2 Å². The van der Waals surface area contributed by atoms with Gasteiger partial charge in [0.2, 0.25) is 0 Å². The predicted octanol–water partition coefficient (Wildman–Crippen LogP) is 3.88. The third-order valence-corrected chi connectivity index (χ3v) is 4.46. The molecular formula is C17H27NO2. The van der Waals surface area contributed by atoms with Crippen LogP contribution in [0.25, 0.3) is 0 Å². The van der Waals surface area contributed by atoms with Crippen molar-refractivity contribution in [3.05, 3.63) is 23.8 Å². The van der Waals surface area contributed by atoms with Crippen LogP contribution < -0.4 is 10.1 Å². The number of ether oxygens (including phenoxy) is 1. The average Bonchev–Trinajstić information content (AvgIpc) is 2.44. The van der Waals surface area contributed by atoms with Crippen LogP contribution in [0.2, 0.25) is 0 Å². The molecule has 0 aromatic heterocycles. The van der Waals surface area contributed by atoms with Gasteiger partial charge in [0.15, 0.2) is 0 Å². The number of phenols is 1. The molecule has 3 heteroatoms. The van der Waals surface area contributed by atoms with Gasteiger partial charge in [-0.1, -0.05) is 25.8 Å². The van der Waals surface area contributed by atoms with Crippen molar-refractivity contribution in [2.75, 3.05) is 13.7 Å². The van der Waals surface area contributed by atoms with Crippen molar-refractivity contribution >= 4 is 0 Å². The Morgan fingerprint density at radius 1 is 1.40 bits per heavy atom. The molecule has 1 saturated carbocycles. The van der Waals surface area contributed by atoms with Gasteiger partial charge < -0.3 is 15.2 Å². The lowest BCUT2D eigenvalue weighted by molar-refractivity contribution is 0.268. The normalized spacial score (nSPS) is 24.4. The zero-order valence-corrected chi connectivity index (χ0v) is 12.9. The van der Waals surface area contributed by atoms with Gasteiger partial charge in [-0.15, -0.1) is 0 Å². The topological polar surface area (TPSA) is 41.5 Å². The molecule has 0 radical (unpaired) electrons. The number of nitrogens with one attached hydrogen (secondary N) is 1. The molecule has 0 saturated heterocycles. The lowest BCUT2D eigenvalue weighted by Crippen LogP contribution is -2.28. The van der Waals surface area contributed by atoms with Crippen molar-refractivity contribution < 1.29 is 9.84 Å². The molecule has 0 spiro atoms. The quantitative estimate of drug-likeness (QED) is 0.858. The van der Waals surface area contributed by atoms with Crippen molar-refractivity contribution in [2.24, 2.45) is 11.8 Å². The van der Waals surface area contributed by atoms with Crippen molar-refractivity contribution in [3.8, 4) is 11.5 Å². The molecule has 1 aromatic rings. The second-order valence-electron chi connectivity index (χ2n) is 6.19. The third-order valence-electron chi connectivity index (χ3n) is 4.46. The molecule has 0 aliphatic heterocycles. The predicted molar refractivity (Wildman–Crippen MR) is 82.2 cm³/mol. The van der Waals surface area contributed by atoms with E-state index < -0.39 is 0 Å². The molecule has 20 heavy (non-hydrogen) atoms. The van der Waals surface area contributed by atoms with Gasteiger partial charge in [0.1, 0.15) is 11.5 Å². The van der Waals surface area contributed by atoms with E-state index in [2.05, 4.69) is 19.2 Å². The molecule has 1 aliphatic rings. The highest BCUT2D eigenvalue weighted by atomic mass is 16.5. The molecule has 3 atom stereocenters. The second kappa shape index (κ2) is 6.98. The Balaban J connectivity index is 1.89. The van der Waals surface area contributed by atoms with Crippen LogP contribution in [0.5, 0.6) is 11.5 Å². The SMILES string of the molecule is COc1ccc(C(C)NCC2CCCC(C)C2)c(O)c1. The molecular weight excluding hydrogens is 250 g/mol. The lowest BCUT2D eigenvalue weighted by atomic mass is 9.82. The van der Waals surface area contributed by atoms with Gasteiger partial charge in [0, 0.05) is 17.7 Å². The highest BCUT2D eigenvalue weighted by molar-refractivity contribution is 5.41. The van der Waals surface area contributed by atoms with Crippen LogP contribution in [0.4, 0.5) is 0 Å². The maximum Gasteiger partial charge on any atom is 0.124 e. The van der Waals surface area contributed by atoms with Crippen LogP contribution in [-0.2, 0) is 0 Å². The summed E-state index contributed by atoms with van der Waals surface area (Å²) in [6, 6.07) is 5.68. The fourth-order valence-electron chi connectivity index (χ4n) is 3.22. The average molecular weight is 277 g/mol. The second-order valence-corrected chi connectivity index (χ2v) is 6.19. The minimum atomic E-state index is 0.165. The smallest absolute Gasteiger partial charge is 0.124 e. The summed E-state index contributed by atoms with van der Waals surface area (Å²) in [5.74, 6) is 2.64. The summed E-state index contributed by atoms with van der Waals surface area (Å²) < 4.78 is 5.12. The molecule has 1 aliphatic carbocycles. The first-order chi connectivity index (χ1) is 9.60. The molecule has 2 N–H and O–H groups in total. The highest BCUT2D eigenvalue weighted by Gasteiger charge is 2.20. The summed E-state index contributed by atoms with van der Waals surface area (Å²) in [6.45, 7) is 5.50. The Morgan fingerprint density at radius 2 is 2.20 bits per heavy atom. The molecule has 3 nitrogen and oxygen atoms in total. The minimum Gasteiger partial charge on any atom is -0.507 e. The molecule has 1 aromatic carbocycles. The van der Waals surface area contributed by atoms with E-state index >= 15 is 0 Å². The third kappa shape index (κ3) is 3.89. The van der Waals surface area contributed by atoms with Crippen LogP contribution in [0.3, 0.4) is 0 Å². The largest absolute Gasteiger partial charge is 0.507 e. The summed E-state index contributed by atoms with van der Waals surface area (Å²) in [5, 5.41) is 13.6. The van der Waals surface area contributed by atoms with Gasteiger partial charge in [-0.3, -0.25) is 0 Å². The van der Waals surface area contributed by atoms with Crippen LogP contribution >= 0.6 is 0 Å². The summed E-state index contributed by atoms with van der Waals surface area (Å²) in [6.07, 6.45) is 5.40. The molecule has 1 fully saturated rings. The van der Waals surface area contributed by atoms with E-state index in [0.29, 0.717) is 11.5 Å². The van der Waals surface area contributed by atoms with E-state index in [1.165, 1.54) is 25.7 Å². The first-order valence-corrected chi connectivity index (χ1v) is 7.70. The van der Waals surface area contributed by atoms with E-state index in [-0.39, 0.29) is 6.04 Å². The number of benzene rings is 1. The Morgan fingerprint density at radius 3 is 2.85 bits per heavy atom. The van der Waals surface area contributed by atoms with Gasteiger partial charge in [0.25, 0.3) is 0 Å². The zero-order valence-electron chi connectivity index (χ0n) is 12.9. The van der Waals surface area contributed by atoms with Crippen molar-refractivity contribution in [2.45, 2.75) is 45.6 Å². The summed E-state index contributed by atoms with van der Waals surface area (Å²) >= 11 is 0. The van der Waals surface area contributed by atoms with E-state index in [4.69, 9.17) is 4.74 Å². The summed E-state index contributed by atoms with van der Waals surface area (Å²) in [7, 11) is 1.61. The summed E-state index contributed by atoms with van der Waals surface area (Å²) in [5.41, 5.74) is 0.939. The molecule has 3 unspecified atom stereocenters. The molecule has 2 rings (SSSR count). The molecule has 0 bridgehead atoms. The van der Waals surface area contributed by atoms with Crippen molar-refractivity contribution in [1.29, 1.82) is 0 Å². The first kappa shape index (κ1) is 15.2. The molecule has 112 valence electrons. The number of hydrogen-bond acceptors (Lipinski definition) is 3. The Kier molecular flexibility index (Phi) is 5.30. The number of hydrogen-bond donors (Lipinski definition) is 2. The van der Waals surface area contributed by atoms with Gasteiger partial charge in [-0.25, -0.2) is 0 Å². The fourth-order valence-corrected chi connectivity index (χ4v) is 3.22. The van der Waals surface area contributed by atoms with E-state index in [9.17, 15) is 5.11 Å². The van der Waals surface area contributed by atoms with Crippen molar-refractivity contribution in [1.82, 2.24) is 5.32 Å². The molecule has 0 amide bonds. The molecule has 0 heterocycles. The van der Waals surface area contributed by atoms with Crippen LogP contribution in [-0.4, -0.2) is 18.8 Å². The number of phenolic OH excluding ortho intramolecular Hbond substituents is 1. The van der Waals surface area contributed by atoms with E-state index in [0.717, 1.165) is 23.9 Å². The summed E-state index contributed by atoms with van der Waals surface area (Å²) in [4.78, 5) is 0. The maximum atomic E-state index is 10.1. The van der Waals surface area contributed by atoms with Gasteiger partial charge in [0.05, 0.1) is 7.11 Å². The number of methoxy groups -OCH3 is 1. The van der Waals surface area contributed by atoms with E-state index in [1.54, 1.807) is 13.2 Å². The van der Waals surface area contributed by atoms with Gasteiger partial charge >= 0.3 is 0 Å². The van der Waals surface area contributed by atoms with Gasteiger partial charge in [-0.2, -0.15) is 0 Å². The number of aromatic hydroxyl groups is 1. The Bertz CT molecular complexity index is 433. The van der Waals surface area contributed by atoms with Crippen LogP contribution in [0.1, 0.15) is 51.1 Å². The van der Waals surface area contributed by atoms with Crippen LogP contribution in [0, 0.1) is 11.8 Å². The van der Waals surface area contributed by atoms with Crippen molar-refractivity contribution in [3.63, 3.8) is 0 Å². The standard InChI is InChI=1S/C17H27NO2/c1-12-5-4-6-14(9-12)11-18-13(2)16-8-7-15(20-3)10-17(16)19/h7-8,10,12-14,18-19H,4-6,9,11H2,1-3H3. The minimum absolute atomic E-state index is 0.165. The highest BCUT2D eigenvalue weighted by Crippen LogP contribution is 2.30. The zero-order chi connectivity index (χ0) is 14.5. The fraction of sp³-hybridized carbons (Fsp3) is 0.647.